The Kier molecular flexibility index (Phi) is 6.99. The maximum Gasteiger partial charge on any atom is 0.290 e. The third-order valence-corrected chi connectivity index (χ3v) is 13.3. The Labute approximate surface area is 224 Å². The van der Waals surface area contributed by atoms with E-state index in [0.29, 0.717) is 35.9 Å². The van der Waals surface area contributed by atoms with Crippen LogP contribution >= 0.6 is 0 Å². The van der Waals surface area contributed by atoms with Crippen LogP contribution in [0.1, 0.15) is 35.9 Å². The number of amides is 1. The van der Waals surface area contributed by atoms with E-state index in [1.54, 1.807) is 20.3 Å². The summed E-state index contributed by atoms with van der Waals surface area (Å²) in [4.78, 5) is 26.0. The van der Waals surface area contributed by atoms with Gasteiger partial charge in [0, 0.05) is 36.7 Å². The predicted octanol–water partition coefficient (Wildman–Crippen LogP) is 3.51. The molecule has 1 atom stereocenters. The number of aromatic nitrogens is 2. The predicted molar refractivity (Wildman–Crippen MR) is 147 cm³/mol. The number of ether oxygens (including phenoxy) is 3. The van der Waals surface area contributed by atoms with Crippen LogP contribution < -0.4 is 24.8 Å². The number of hydrogen-bond donors (Lipinski definition) is 1. The van der Waals surface area contributed by atoms with E-state index >= 15 is 0 Å². The number of allylic oxidation sites excluding steroid dienone is 4. The van der Waals surface area contributed by atoms with Crippen molar-refractivity contribution in [3.8, 4) is 17.7 Å². The van der Waals surface area contributed by atoms with Gasteiger partial charge in [-0.3, -0.25) is 9.69 Å². The van der Waals surface area contributed by atoms with Gasteiger partial charge in [-0.2, -0.15) is 9.97 Å². The molecule has 2 aliphatic heterocycles. The van der Waals surface area contributed by atoms with E-state index < -0.39 is 19.0 Å². The summed E-state index contributed by atoms with van der Waals surface area (Å²) in [5, 5.41) is -0.477. The molecule has 3 aliphatic rings. The number of rotatable bonds is 10. The van der Waals surface area contributed by atoms with Gasteiger partial charge in [0.15, 0.2) is 5.76 Å². The number of hydrogen-bond acceptors (Lipinski definition) is 9. The van der Waals surface area contributed by atoms with Crippen LogP contribution in [-0.4, -0.2) is 75.3 Å². The molecule has 0 bridgehead atoms. The maximum absolute atomic E-state index is 11.5. The third kappa shape index (κ3) is 4.47. The van der Waals surface area contributed by atoms with E-state index in [-0.39, 0.29) is 11.7 Å². The fraction of sp³-hybridized carbons (Fsp3) is 0.519. The minimum Gasteiger partial charge on any atom is -0.481 e. The minimum atomic E-state index is -2.07. The van der Waals surface area contributed by atoms with Crippen molar-refractivity contribution in [2.75, 3.05) is 45.3 Å². The average molecular weight is 540 g/mol. The molecule has 2 N–H and O–H groups in total. The van der Waals surface area contributed by atoms with E-state index in [0.717, 1.165) is 24.7 Å². The molecule has 4 heterocycles. The van der Waals surface area contributed by atoms with E-state index in [2.05, 4.69) is 35.9 Å². The van der Waals surface area contributed by atoms with E-state index in [1.807, 2.05) is 12.2 Å². The van der Waals surface area contributed by atoms with Crippen LogP contribution in [0.5, 0.6) is 17.7 Å². The Morgan fingerprint density at radius 1 is 1.18 bits per heavy atom. The monoisotopic (exact) mass is 539 g/mol. The highest BCUT2D eigenvalue weighted by Gasteiger charge is 2.51. The second kappa shape index (κ2) is 10.1. The molecule has 2 aromatic heterocycles. The van der Waals surface area contributed by atoms with Gasteiger partial charge < -0.3 is 29.3 Å². The van der Waals surface area contributed by atoms with Crippen LogP contribution in [0.25, 0.3) is 0 Å². The van der Waals surface area contributed by atoms with Crippen LogP contribution in [0.2, 0.25) is 19.1 Å². The summed E-state index contributed by atoms with van der Waals surface area (Å²) in [6.45, 7) is 11.1. The van der Waals surface area contributed by atoms with Crippen LogP contribution in [0.15, 0.2) is 40.5 Å². The van der Waals surface area contributed by atoms with Crippen LogP contribution in [-0.2, 0) is 5.04 Å². The quantitative estimate of drug-likeness (QED) is 0.453. The number of methoxy groups -OCH3 is 2. The molecule has 11 heteroatoms. The second-order valence-electron chi connectivity index (χ2n) is 10.8. The van der Waals surface area contributed by atoms with Crippen molar-refractivity contribution in [1.82, 2.24) is 14.9 Å². The normalized spacial score (nSPS) is 21.9. The van der Waals surface area contributed by atoms with Gasteiger partial charge >= 0.3 is 0 Å². The van der Waals surface area contributed by atoms with Crippen molar-refractivity contribution in [2.24, 2.45) is 5.73 Å². The lowest BCUT2D eigenvalue weighted by Crippen LogP contribution is -2.63. The second-order valence-corrected chi connectivity index (χ2v) is 16.2. The van der Waals surface area contributed by atoms with Crippen molar-refractivity contribution >= 4 is 19.9 Å². The van der Waals surface area contributed by atoms with Gasteiger partial charge in [0.1, 0.15) is 5.76 Å². The summed E-state index contributed by atoms with van der Waals surface area (Å²) in [5.41, 5.74) is 6.18. The summed E-state index contributed by atoms with van der Waals surface area (Å²) in [5.74, 6) is 1.99. The lowest BCUT2D eigenvalue weighted by Gasteiger charge is -2.49. The molecule has 0 spiro atoms. The molecule has 1 aliphatic carbocycles. The fourth-order valence-electron chi connectivity index (χ4n) is 5.49. The molecule has 2 saturated heterocycles. The highest BCUT2D eigenvalue weighted by molar-refractivity contribution is 6.80. The van der Waals surface area contributed by atoms with Crippen molar-refractivity contribution in [2.45, 2.75) is 50.0 Å². The highest BCUT2D eigenvalue weighted by Crippen LogP contribution is 2.51. The zero-order chi connectivity index (χ0) is 27.1. The number of carbonyl (C=O) groups excluding carboxylic acids is 1. The van der Waals surface area contributed by atoms with Gasteiger partial charge in [-0.25, -0.2) is 0 Å². The Bertz CT molecular complexity index is 1240. The summed E-state index contributed by atoms with van der Waals surface area (Å²) >= 11 is 0. The molecule has 10 nitrogen and oxygen atoms in total. The highest BCUT2D eigenvalue weighted by atomic mass is 28.3. The number of likely N-dealkylation sites (tertiary alicyclic amines) is 1. The standard InChI is InChI=1S/C27H37N5O5Si/c1-6-38(4,5)27(12-7-9-19(15-27)36-21-11-10-20(37-21)23(28)33)22-24(34-2)29-26(30-25(22)35-3)32-16-18(17-32)31-13-8-14-31/h7,9-12,18H,6,8,13-17H2,1-5H3,(H2,28,33). The molecule has 0 radical (unpaired) electrons. The van der Waals surface area contributed by atoms with Crippen LogP contribution in [0.3, 0.4) is 0 Å². The van der Waals surface area contributed by atoms with Gasteiger partial charge in [-0.1, -0.05) is 38.2 Å². The van der Waals surface area contributed by atoms with Crippen LogP contribution in [0, 0.1) is 0 Å². The molecular weight excluding hydrogens is 502 g/mol. The van der Waals surface area contributed by atoms with Crippen LogP contribution in [0.4, 0.5) is 5.95 Å². The van der Waals surface area contributed by atoms with E-state index in [9.17, 15) is 4.79 Å². The lowest BCUT2D eigenvalue weighted by molar-refractivity contribution is 0.0967. The summed E-state index contributed by atoms with van der Waals surface area (Å²) < 4.78 is 23.5. The molecule has 1 unspecified atom stereocenters. The number of anilines is 1. The lowest BCUT2D eigenvalue weighted by atomic mass is 9.90. The van der Waals surface area contributed by atoms with Gasteiger partial charge in [0.2, 0.25) is 17.7 Å². The van der Waals surface area contributed by atoms with Crippen molar-refractivity contribution in [1.29, 1.82) is 0 Å². The van der Waals surface area contributed by atoms with Gasteiger partial charge in [-0.15, -0.1) is 0 Å². The number of carbonyl (C=O) groups is 1. The molecule has 204 valence electrons. The zero-order valence-corrected chi connectivity index (χ0v) is 23.8. The number of furan rings is 1. The molecule has 0 aromatic carbocycles. The largest absolute Gasteiger partial charge is 0.481 e. The van der Waals surface area contributed by atoms with Crippen molar-refractivity contribution in [3.63, 3.8) is 0 Å². The average Bonchev–Trinajstić information content (AvgIpc) is 3.32. The Balaban J connectivity index is 1.50. The smallest absolute Gasteiger partial charge is 0.290 e. The van der Waals surface area contributed by atoms with Crippen molar-refractivity contribution < 1.29 is 23.4 Å². The van der Waals surface area contributed by atoms with Gasteiger partial charge in [0.05, 0.1) is 27.9 Å². The summed E-state index contributed by atoms with van der Waals surface area (Å²) in [6, 6.07) is 4.66. The molecular formula is C27H37N5O5Si. The number of primary amides is 1. The molecule has 5 rings (SSSR count). The van der Waals surface area contributed by atoms with E-state index in [4.69, 9.17) is 34.3 Å². The first-order chi connectivity index (χ1) is 18.2. The Hall–Kier alpha value is -3.31. The van der Waals surface area contributed by atoms with Gasteiger partial charge in [-0.05, 0) is 31.7 Å². The first kappa shape index (κ1) is 26.3. The first-order valence-electron chi connectivity index (χ1n) is 13.2. The number of nitrogens with zero attached hydrogens (tertiary/aromatic N) is 4. The maximum atomic E-state index is 11.5. The SMILES string of the molecule is CC[Si](C)(C)C1(c2c(OC)nc(N3CC(N4CCC4)C3)nc2OC)C=CC=C(Oc2ccc(C(N)=O)o2)C1. The first-order valence-corrected chi connectivity index (χ1v) is 16.4. The fourth-order valence-corrected chi connectivity index (χ4v) is 8.22. The Morgan fingerprint density at radius 3 is 2.39 bits per heavy atom. The van der Waals surface area contributed by atoms with Gasteiger partial charge in [0.25, 0.3) is 11.9 Å². The van der Waals surface area contributed by atoms with Crippen molar-refractivity contribution in [3.05, 3.63) is 47.4 Å². The minimum absolute atomic E-state index is 0.0520. The van der Waals surface area contributed by atoms with E-state index in [1.165, 1.54) is 25.6 Å². The Morgan fingerprint density at radius 2 is 1.87 bits per heavy atom. The summed E-state index contributed by atoms with van der Waals surface area (Å²) in [7, 11) is 1.23. The topological polar surface area (TPSA) is 116 Å². The molecule has 38 heavy (non-hydrogen) atoms. The molecule has 2 aromatic rings. The molecule has 2 fully saturated rings. The number of nitrogens with two attached hydrogens (primary N) is 1. The summed E-state index contributed by atoms with van der Waals surface area (Å²) in [6.07, 6.45) is 7.96. The zero-order valence-electron chi connectivity index (χ0n) is 22.8. The molecule has 0 saturated carbocycles. The third-order valence-electron chi connectivity index (χ3n) is 8.48. The molecule has 1 amide bonds.